The number of hydrogen-bond acceptors (Lipinski definition) is 4. The van der Waals surface area contributed by atoms with Gasteiger partial charge in [-0.05, 0) is 30.4 Å². The highest BCUT2D eigenvalue weighted by Gasteiger charge is 2.02. The van der Waals surface area contributed by atoms with Gasteiger partial charge in [0.2, 0.25) is 0 Å². The number of nitrogens with one attached hydrogen (secondary N) is 2. The lowest BCUT2D eigenvalue weighted by Gasteiger charge is -2.15. The van der Waals surface area contributed by atoms with Crippen LogP contribution in [0.1, 0.15) is 0 Å². The summed E-state index contributed by atoms with van der Waals surface area (Å²) in [5, 5.41) is 10.2. The third-order valence-corrected chi connectivity index (χ3v) is 2.14. The molecule has 0 saturated carbocycles. The summed E-state index contributed by atoms with van der Waals surface area (Å²) in [6.07, 6.45) is 1.61. The van der Waals surface area contributed by atoms with E-state index in [1.54, 1.807) is 11.3 Å². The predicted molar refractivity (Wildman–Crippen MR) is 67.1 cm³/mol. The Balaban J connectivity index is 2.11. The Labute approximate surface area is 98.4 Å². The van der Waals surface area contributed by atoms with E-state index in [2.05, 4.69) is 15.9 Å². The smallest absolute Gasteiger partial charge is 0.185 e. The van der Waals surface area contributed by atoms with Crippen molar-refractivity contribution in [2.24, 2.45) is 0 Å². The quantitative estimate of drug-likeness (QED) is 0.610. The topological polar surface area (TPSA) is 53.3 Å². The van der Waals surface area contributed by atoms with Crippen LogP contribution < -0.4 is 10.7 Å². The maximum atomic E-state index is 5.11. The molecule has 0 radical (unpaired) electrons. The van der Waals surface area contributed by atoms with E-state index in [1.165, 1.54) is 0 Å². The van der Waals surface area contributed by atoms with Crippen LogP contribution in [0.15, 0.2) is 29.0 Å². The SMILES string of the molecule is CN(C)NC(=S)Nc1ccc2conc2c1. The van der Waals surface area contributed by atoms with Crippen molar-refractivity contribution in [2.75, 3.05) is 19.4 Å². The third kappa shape index (κ3) is 2.47. The minimum Gasteiger partial charge on any atom is -0.364 e. The van der Waals surface area contributed by atoms with Crippen LogP contribution in [0.2, 0.25) is 0 Å². The number of hydrazine groups is 1. The van der Waals surface area contributed by atoms with Gasteiger partial charge in [-0.1, -0.05) is 5.16 Å². The van der Waals surface area contributed by atoms with Crippen molar-refractivity contribution in [3.05, 3.63) is 24.5 Å². The first-order valence-electron chi connectivity index (χ1n) is 4.74. The van der Waals surface area contributed by atoms with Gasteiger partial charge in [0.25, 0.3) is 0 Å². The van der Waals surface area contributed by atoms with Crippen molar-refractivity contribution in [3.63, 3.8) is 0 Å². The standard InChI is InChI=1S/C10H12N4OS/c1-14(2)12-10(16)11-8-4-3-7-6-15-13-9(7)5-8/h3-6H,1-2H3,(H2,11,12,16). The van der Waals surface area contributed by atoms with Gasteiger partial charge >= 0.3 is 0 Å². The number of hydrogen-bond donors (Lipinski definition) is 2. The Bertz CT molecular complexity index is 508. The molecule has 84 valence electrons. The lowest BCUT2D eigenvalue weighted by molar-refractivity contribution is 0.365. The van der Waals surface area contributed by atoms with Gasteiger partial charge in [-0.15, -0.1) is 0 Å². The Morgan fingerprint density at radius 3 is 3.00 bits per heavy atom. The van der Waals surface area contributed by atoms with Crippen LogP contribution >= 0.6 is 12.2 Å². The molecule has 0 bridgehead atoms. The second-order valence-corrected chi connectivity index (χ2v) is 3.96. The first-order valence-corrected chi connectivity index (χ1v) is 5.15. The van der Waals surface area contributed by atoms with Gasteiger partial charge in [-0.3, -0.25) is 5.43 Å². The maximum absolute atomic E-state index is 5.11. The first kappa shape index (κ1) is 10.8. The molecule has 1 aromatic heterocycles. The van der Waals surface area contributed by atoms with E-state index >= 15 is 0 Å². The summed E-state index contributed by atoms with van der Waals surface area (Å²) in [5.41, 5.74) is 4.62. The average molecular weight is 236 g/mol. The Hall–Kier alpha value is -1.66. The summed E-state index contributed by atoms with van der Waals surface area (Å²) in [7, 11) is 3.74. The van der Waals surface area contributed by atoms with Gasteiger partial charge in [0.1, 0.15) is 11.8 Å². The largest absolute Gasteiger partial charge is 0.364 e. The van der Waals surface area contributed by atoms with Crippen molar-refractivity contribution in [2.45, 2.75) is 0 Å². The molecule has 6 heteroatoms. The van der Waals surface area contributed by atoms with Gasteiger partial charge in [-0.25, -0.2) is 5.01 Å². The molecule has 0 aliphatic heterocycles. The second kappa shape index (κ2) is 4.46. The fourth-order valence-corrected chi connectivity index (χ4v) is 1.60. The highest BCUT2D eigenvalue weighted by Crippen LogP contribution is 2.17. The van der Waals surface area contributed by atoms with E-state index in [0.29, 0.717) is 5.11 Å². The van der Waals surface area contributed by atoms with Crippen LogP contribution in [0.5, 0.6) is 0 Å². The van der Waals surface area contributed by atoms with E-state index in [-0.39, 0.29) is 0 Å². The van der Waals surface area contributed by atoms with Crippen molar-refractivity contribution < 1.29 is 4.52 Å². The van der Waals surface area contributed by atoms with Crippen molar-refractivity contribution in [1.82, 2.24) is 15.6 Å². The summed E-state index contributed by atoms with van der Waals surface area (Å²) in [4.78, 5) is 0. The van der Waals surface area contributed by atoms with Crippen LogP contribution in [0.3, 0.4) is 0 Å². The average Bonchev–Trinajstić information content (AvgIpc) is 2.63. The molecule has 0 atom stereocenters. The van der Waals surface area contributed by atoms with E-state index in [0.717, 1.165) is 16.6 Å². The summed E-state index contributed by atoms with van der Waals surface area (Å²) in [6.45, 7) is 0. The Morgan fingerprint density at radius 1 is 1.44 bits per heavy atom. The van der Waals surface area contributed by atoms with E-state index in [4.69, 9.17) is 16.7 Å². The molecule has 0 saturated heterocycles. The number of nitrogens with zero attached hydrogens (tertiary/aromatic N) is 2. The Kier molecular flexibility index (Phi) is 3.02. The van der Waals surface area contributed by atoms with Crippen LogP contribution in [0.25, 0.3) is 10.9 Å². The molecule has 2 rings (SSSR count). The summed E-state index contributed by atoms with van der Waals surface area (Å²) >= 11 is 5.11. The van der Waals surface area contributed by atoms with Crippen molar-refractivity contribution >= 4 is 33.9 Å². The van der Waals surface area contributed by atoms with Crippen LogP contribution in [0, 0.1) is 0 Å². The third-order valence-electron chi connectivity index (χ3n) is 1.94. The second-order valence-electron chi connectivity index (χ2n) is 3.55. The molecule has 0 unspecified atom stereocenters. The van der Waals surface area contributed by atoms with Gasteiger partial charge in [-0.2, -0.15) is 0 Å². The zero-order chi connectivity index (χ0) is 11.5. The molecular weight excluding hydrogens is 224 g/mol. The van der Waals surface area contributed by atoms with Gasteiger partial charge in [0, 0.05) is 25.2 Å². The minimum absolute atomic E-state index is 0.535. The number of thiocarbonyl (C=S) groups is 1. The lowest BCUT2D eigenvalue weighted by Crippen LogP contribution is -2.38. The fourth-order valence-electron chi connectivity index (χ4n) is 1.30. The molecular formula is C10H12N4OS. The van der Waals surface area contributed by atoms with Crippen LogP contribution in [-0.4, -0.2) is 29.4 Å². The van der Waals surface area contributed by atoms with Gasteiger partial charge < -0.3 is 9.84 Å². The maximum Gasteiger partial charge on any atom is 0.185 e. The molecule has 0 amide bonds. The molecule has 16 heavy (non-hydrogen) atoms. The number of fused-ring (bicyclic) bond motifs is 1. The van der Waals surface area contributed by atoms with Crippen molar-refractivity contribution in [1.29, 1.82) is 0 Å². The fraction of sp³-hybridized carbons (Fsp3) is 0.200. The predicted octanol–water partition coefficient (Wildman–Crippen LogP) is 1.59. The molecule has 0 aliphatic carbocycles. The number of rotatable bonds is 2. The normalized spacial score (nSPS) is 10.7. The lowest BCUT2D eigenvalue weighted by atomic mass is 10.2. The number of benzene rings is 1. The summed E-state index contributed by atoms with van der Waals surface area (Å²) in [5.74, 6) is 0. The highest BCUT2D eigenvalue weighted by atomic mass is 32.1. The van der Waals surface area contributed by atoms with Crippen LogP contribution in [0.4, 0.5) is 5.69 Å². The molecule has 0 spiro atoms. The molecule has 1 heterocycles. The van der Waals surface area contributed by atoms with E-state index < -0.39 is 0 Å². The zero-order valence-electron chi connectivity index (χ0n) is 9.02. The van der Waals surface area contributed by atoms with Gasteiger partial charge in [0.05, 0.1) is 0 Å². The first-order chi connectivity index (χ1) is 7.65. The molecule has 0 aliphatic rings. The van der Waals surface area contributed by atoms with Crippen molar-refractivity contribution in [3.8, 4) is 0 Å². The zero-order valence-corrected chi connectivity index (χ0v) is 9.84. The van der Waals surface area contributed by atoms with E-state index in [1.807, 2.05) is 32.3 Å². The van der Waals surface area contributed by atoms with Gasteiger partial charge in [0.15, 0.2) is 5.11 Å². The monoisotopic (exact) mass is 236 g/mol. The minimum atomic E-state index is 0.535. The molecule has 5 nitrogen and oxygen atoms in total. The molecule has 2 N–H and O–H groups in total. The van der Waals surface area contributed by atoms with Crippen LogP contribution in [-0.2, 0) is 0 Å². The highest BCUT2D eigenvalue weighted by molar-refractivity contribution is 7.80. The molecule has 1 aromatic carbocycles. The van der Waals surface area contributed by atoms with E-state index in [9.17, 15) is 0 Å². The molecule has 2 aromatic rings. The molecule has 0 fully saturated rings. The number of anilines is 1. The number of aromatic nitrogens is 1. The summed E-state index contributed by atoms with van der Waals surface area (Å²) < 4.78 is 4.85. The Morgan fingerprint density at radius 2 is 2.25 bits per heavy atom. The summed E-state index contributed by atoms with van der Waals surface area (Å²) in [6, 6.07) is 5.72.